The molecule has 0 aromatic carbocycles. The van der Waals surface area contributed by atoms with Gasteiger partial charge in [0.15, 0.2) is 0 Å². The number of carboxylic acids is 1. The van der Waals surface area contributed by atoms with Crippen molar-refractivity contribution < 1.29 is 9.90 Å². The quantitative estimate of drug-likeness (QED) is 0.727. The van der Waals surface area contributed by atoms with Gasteiger partial charge in [0.1, 0.15) is 18.4 Å². The second-order valence-corrected chi connectivity index (χ2v) is 4.19. The van der Waals surface area contributed by atoms with Crippen molar-refractivity contribution in [3.8, 4) is 0 Å². The maximum Gasteiger partial charge on any atom is 0.320 e. The van der Waals surface area contributed by atoms with Crippen LogP contribution in [-0.2, 0) is 24.3 Å². The first-order chi connectivity index (χ1) is 9.10. The summed E-state index contributed by atoms with van der Waals surface area (Å²) in [5.41, 5.74) is 6.01. The molecule has 0 aliphatic rings. The molecule has 0 saturated carbocycles. The third-order valence-electron chi connectivity index (χ3n) is 2.78. The van der Waals surface area contributed by atoms with Gasteiger partial charge < -0.3 is 15.4 Å². The van der Waals surface area contributed by atoms with Gasteiger partial charge in [-0.3, -0.25) is 4.79 Å². The van der Waals surface area contributed by atoms with Gasteiger partial charge in [-0.1, -0.05) is 5.21 Å². The van der Waals surface area contributed by atoms with E-state index < -0.39 is 12.0 Å². The van der Waals surface area contributed by atoms with Gasteiger partial charge in [0.25, 0.3) is 0 Å². The van der Waals surface area contributed by atoms with Crippen LogP contribution in [0.3, 0.4) is 0 Å². The van der Waals surface area contributed by atoms with Gasteiger partial charge in [0.05, 0.1) is 5.69 Å². The van der Waals surface area contributed by atoms with Crippen LogP contribution >= 0.6 is 0 Å². The highest BCUT2D eigenvalue weighted by atomic mass is 16.4. The van der Waals surface area contributed by atoms with Gasteiger partial charge in [-0.25, -0.2) is 9.67 Å². The molecule has 8 heteroatoms. The molecule has 0 radical (unpaired) electrons. The standard InChI is InChI=1S/C11H16N6O2/c1-2-16-4-3-13-10(16)7-17-6-8(14-15-17)5-9(12)11(18)19/h3-4,6,9H,2,5,7,12H2,1H3,(H,18,19). The van der Waals surface area contributed by atoms with Crippen molar-refractivity contribution >= 4 is 5.97 Å². The number of carboxylic acid groups (broad SMARTS) is 1. The maximum absolute atomic E-state index is 10.7. The topological polar surface area (TPSA) is 112 Å². The molecule has 102 valence electrons. The molecule has 0 spiro atoms. The Labute approximate surface area is 109 Å². The molecule has 1 unspecified atom stereocenters. The zero-order valence-corrected chi connectivity index (χ0v) is 10.6. The summed E-state index contributed by atoms with van der Waals surface area (Å²) in [6, 6.07) is -0.956. The second kappa shape index (κ2) is 5.61. The van der Waals surface area contributed by atoms with Crippen molar-refractivity contribution in [3.63, 3.8) is 0 Å². The van der Waals surface area contributed by atoms with E-state index >= 15 is 0 Å². The molecule has 8 nitrogen and oxygen atoms in total. The Kier molecular flexibility index (Phi) is 3.91. The first-order valence-corrected chi connectivity index (χ1v) is 5.97. The predicted molar refractivity (Wildman–Crippen MR) is 66.3 cm³/mol. The van der Waals surface area contributed by atoms with Crippen molar-refractivity contribution in [2.24, 2.45) is 5.73 Å². The number of hydrogen-bond donors (Lipinski definition) is 2. The van der Waals surface area contributed by atoms with E-state index in [1.165, 1.54) is 0 Å². The number of hydrogen-bond acceptors (Lipinski definition) is 5. The second-order valence-electron chi connectivity index (χ2n) is 4.19. The molecule has 0 aliphatic carbocycles. The van der Waals surface area contributed by atoms with E-state index in [1.54, 1.807) is 17.1 Å². The fourth-order valence-electron chi connectivity index (χ4n) is 1.75. The van der Waals surface area contributed by atoms with E-state index in [-0.39, 0.29) is 6.42 Å². The predicted octanol–water partition coefficient (Wildman–Crippen LogP) is -0.503. The molecule has 2 aromatic heterocycles. The lowest BCUT2D eigenvalue weighted by atomic mass is 10.2. The normalized spacial score (nSPS) is 12.5. The SMILES string of the molecule is CCn1ccnc1Cn1cc(CC(N)C(=O)O)nn1. The first-order valence-electron chi connectivity index (χ1n) is 5.97. The van der Waals surface area contributed by atoms with E-state index in [0.29, 0.717) is 12.2 Å². The van der Waals surface area contributed by atoms with Crippen LogP contribution in [0.15, 0.2) is 18.6 Å². The molecule has 0 amide bonds. The minimum atomic E-state index is -1.05. The van der Waals surface area contributed by atoms with Crippen LogP contribution in [0.4, 0.5) is 0 Å². The van der Waals surface area contributed by atoms with Gasteiger partial charge in [-0.2, -0.15) is 0 Å². The fraction of sp³-hybridized carbons (Fsp3) is 0.455. The Morgan fingerprint density at radius 2 is 2.37 bits per heavy atom. The van der Waals surface area contributed by atoms with Crippen LogP contribution < -0.4 is 5.73 Å². The molecule has 0 bridgehead atoms. The number of rotatable bonds is 6. The maximum atomic E-state index is 10.7. The number of nitrogens with two attached hydrogens (primary N) is 1. The lowest BCUT2D eigenvalue weighted by Crippen LogP contribution is -2.32. The van der Waals surface area contributed by atoms with Crippen molar-refractivity contribution in [3.05, 3.63) is 30.1 Å². The molecular weight excluding hydrogens is 248 g/mol. The summed E-state index contributed by atoms with van der Waals surface area (Å²) in [4.78, 5) is 14.9. The van der Waals surface area contributed by atoms with Crippen molar-refractivity contribution in [2.75, 3.05) is 0 Å². The van der Waals surface area contributed by atoms with E-state index in [0.717, 1.165) is 12.4 Å². The summed E-state index contributed by atoms with van der Waals surface area (Å²) >= 11 is 0. The molecule has 2 heterocycles. The zero-order valence-electron chi connectivity index (χ0n) is 10.6. The number of aromatic nitrogens is 5. The summed E-state index contributed by atoms with van der Waals surface area (Å²) in [6.45, 7) is 3.36. The minimum Gasteiger partial charge on any atom is -0.480 e. The molecule has 2 aromatic rings. The number of nitrogens with zero attached hydrogens (tertiary/aromatic N) is 5. The summed E-state index contributed by atoms with van der Waals surface area (Å²) in [6.07, 6.45) is 5.49. The third-order valence-corrected chi connectivity index (χ3v) is 2.78. The largest absolute Gasteiger partial charge is 0.480 e. The van der Waals surface area contributed by atoms with Crippen molar-refractivity contribution in [1.82, 2.24) is 24.5 Å². The van der Waals surface area contributed by atoms with Gasteiger partial charge in [-0.05, 0) is 6.92 Å². The summed E-state index contributed by atoms with van der Waals surface area (Å²) < 4.78 is 3.63. The average molecular weight is 264 g/mol. The van der Waals surface area contributed by atoms with Gasteiger partial charge in [0.2, 0.25) is 0 Å². The number of aliphatic carboxylic acids is 1. The Balaban J connectivity index is 2.03. The molecule has 0 aliphatic heterocycles. The molecular formula is C11H16N6O2. The highest BCUT2D eigenvalue weighted by molar-refractivity contribution is 5.73. The lowest BCUT2D eigenvalue weighted by Gasteiger charge is -2.04. The summed E-state index contributed by atoms with van der Waals surface area (Å²) in [5, 5.41) is 16.6. The summed E-state index contributed by atoms with van der Waals surface area (Å²) in [7, 11) is 0. The fourth-order valence-corrected chi connectivity index (χ4v) is 1.75. The van der Waals surface area contributed by atoms with Crippen molar-refractivity contribution in [2.45, 2.75) is 32.5 Å². The Hall–Kier alpha value is -2.22. The van der Waals surface area contributed by atoms with Crippen LogP contribution in [0.1, 0.15) is 18.4 Å². The molecule has 2 rings (SSSR count). The van der Waals surface area contributed by atoms with Crippen LogP contribution in [0, 0.1) is 0 Å². The van der Waals surface area contributed by atoms with Crippen LogP contribution in [0.25, 0.3) is 0 Å². The van der Waals surface area contributed by atoms with Gasteiger partial charge >= 0.3 is 5.97 Å². The Bertz CT molecular complexity index is 561. The summed E-state index contributed by atoms with van der Waals surface area (Å²) in [5.74, 6) is -0.169. The number of imidazole rings is 1. The highest BCUT2D eigenvalue weighted by Gasteiger charge is 2.14. The van der Waals surface area contributed by atoms with E-state index in [2.05, 4.69) is 15.3 Å². The highest BCUT2D eigenvalue weighted by Crippen LogP contribution is 2.03. The van der Waals surface area contributed by atoms with E-state index in [4.69, 9.17) is 10.8 Å². The monoisotopic (exact) mass is 264 g/mol. The molecule has 0 fully saturated rings. The Morgan fingerprint density at radius 1 is 1.58 bits per heavy atom. The van der Waals surface area contributed by atoms with E-state index in [1.807, 2.05) is 17.7 Å². The minimum absolute atomic E-state index is 0.164. The van der Waals surface area contributed by atoms with Crippen LogP contribution in [0.2, 0.25) is 0 Å². The van der Waals surface area contributed by atoms with Crippen LogP contribution in [-0.4, -0.2) is 41.7 Å². The first kappa shape index (κ1) is 13.2. The third kappa shape index (κ3) is 3.16. The number of aryl methyl sites for hydroxylation is 1. The van der Waals surface area contributed by atoms with Crippen LogP contribution in [0.5, 0.6) is 0 Å². The van der Waals surface area contributed by atoms with Crippen molar-refractivity contribution in [1.29, 1.82) is 0 Å². The number of carbonyl (C=O) groups is 1. The van der Waals surface area contributed by atoms with E-state index in [9.17, 15) is 4.79 Å². The lowest BCUT2D eigenvalue weighted by molar-refractivity contribution is -0.138. The zero-order chi connectivity index (χ0) is 13.8. The molecule has 0 saturated heterocycles. The van der Waals surface area contributed by atoms with Gasteiger partial charge in [0, 0.05) is 31.6 Å². The molecule has 19 heavy (non-hydrogen) atoms. The smallest absolute Gasteiger partial charge is 0.320 e. The Morgan fingerprint density at radius 3 is 3.05 bits per heavy atom. The molecule has 1 atom stereocenters. The molecule has 3 N–H and O–H groups in total. The van der Waals surface area contributed by atoms with Gasteiger partial charge in [-0.15, -0.1) is 5.10 Å². The average Bonchev–Trinajstić information content (AvgIpc) is 2.99.